The molecule has 1 fully saturated rings. The van der Waals surface area contributed by atoms with Gasteiger partial charge in [0.2, 0.25) is 12.3 Å². The van der Waals surface area contributed by atoms with Crippen molar-refractivity contribution < 1.29 is 14.3 Å². The summed E-state index contributed by atoms with van der Waals surface area (Å²) in [6.45, 7) is 0.177. The van der Waals surface area contributed by atoms with Gasteiger partial charge >= 0.3 is 0 Å². The summed E-state index contributed by atoms with van der Waals surface area (Å²) in [7, 11) is 1.54. The number of carbonyl (C=O) groups excluding carboxylic acids is 2. The highest BCUT2D eigenvalue weighted by molar-refractivity contribution is 6.30. The number of rotatable bonds is 7. The molecule has 0 spiro atoms. The molecule has 1 amide bonds. The Kier molecular flexibility index (Phi) is 6.05. The second-order valence-corrected chi connectivity index (χ2v) is 6.67. The molecule has 1 saturated carbocycles. The van der Waals surface area contributed by atoms with Gasteiger partial charge in [0.1, 0.15) is 6.29 Å². The normalized spacial score (nSPS) is 18.6. The molecular formula is C20H18ClN3O3. The second kappa shape index (κ2) is 8.65. The quantitative estimate of drug-likeness (QED) is 0.586. The molecule has 0 saturated heterocycles. The first-order chi connectivity index (χ1) is 13.2. The molecule has 138 valence electrons. The largest absolute Gasteiger partial charge is 0.480 e. The number of aromatic nitrogens is 2. The zero-order valence-electron chi connectivity index (χ0n) is 14.7. The summed E-state index contributed by atoms with van der Waals surface area (Å²) in [5.74, 6) is 6.63. The van der Waals surface area contributed by atoms with E-state index in [2.05, 4.69) is 27.4 Å². The fourth-order valence-corrected chi connectivity index (χ4v) is 3.04. The fourth-order valence-electron chi connectivity index (χ4n) is 2.85. The van der Waals surface area contributed by atoms with E-state index in [-0.39, 0.29) is 18.4 Å². The van der Waals surface area contributed by atoms with Gasteiger partial charge in [-0.1, -0.05) is 29.5 Å². The van der Waals surface area contributed by atoms with Crippen LogP contribution in [0.2, 0.25) is 5.02 Å². The Morgan fingerprint density at radius 3 is 2.93 bits per heavy atom. The van der Waals surface area contributed by atoms with Crippen LogP contribution in [0.4, 0.5) is 0 Å². The van der Waals surface area contributed by atoms with Gasteiger partial charge in [0.15, 0.2) is 0 Å². The third kappa shape index (κ3) is 4.63. The van der Waals surface area contributed by atoms with Crippen LogP contribution in [0.3, 0.4) is 0 Å². The first-order valence-electron chi connectivity index (χ1n) is 8.47. The number of methoxy groups -OCH3 is 1. The molecule has 3 atom stereocenters. The summed E-state index contributed by atoms with van der Waals surface area (Å²) in [6.07, 6.45) is 2.18. The summed E-state index contributed by atoms with van der Waals surface area (Å²) in [4.78, 5) is 21.8. The zero-order chi connectivity index (χ0) is 19.2. The van der Waals surface area contributed by atoms with E-state index < -0.39 is 5.92 Å². The molecule has 6 nitrogen and oxygen atoms in total. The van der Waals surface area contributed by atoms with E-state index >= 15 is 0 Å². The number of hydrogen-bond acceptors (Lipinski definition) is 5. The van der Waals surface area contributed by atoms with Crippen molar-refractivity contribution in [3.05, 3.63) is 52.2 Å². The van der Waals surface area contributed by atoms with E-state index in [1.54, 1.807) is 0 Å². The van der Waals surface area contributed by atoms with Crippen molar-refractivity contribution in [2.24, 2.45) is 5.92 Å². The van der Waals surface area contributed by atoms with Gasteiger partial charge in [-0.15, -0.1) is 5.10 Å². The molecule has 27 heavy (non-hydrogen) atoms. The standard InChI is InChI=1S/C20H18ClN3O3/c1-27-20-18(9-19(23-24-20)15(11-25)10-22-12-26)17-8-14(17)6-5-13-3-2-4-16(21)7-13/h2-4,7,9,11-12,14-15,17H,8,10H2,1H3,(H,22,26). The highest BCUT2D eigenvalue weighted by Gasteiger charge is 2.40. The fraction of sp³-hybridized carbons (Fsp3) is 0.300. The summed E-state index contributed by atoms with van der Waals surface area (Å²) in [6, 6.07) is 9.24. The smallest absolute Gasteiger partial charge is 0.236 e. The molecular weight excluding hydrogens is 366 g/mol. The van der Waals surface area contributed by atoms with E-state index in [4.69, 9.17) is 16.3 Å². The van der Waals surface area contributed by atoms with Gasteiger partial charge in [-0.25, -0.2) is 0 Å². The van der Waals surface area contributed by atoms with E-state index in [0.29, 0.717) is 23.0 Å². The Morgan fingerprint density at radius 1 is 1.37 bits per heavy atom. The SMILES string of the molecule is COc1nnc(C(C=O)CNC=O)cc1C1CC1C#Cc1cccc(Cl)c1. The minimum Gasteiger partial charge on any atom is -0.480 e. The van der Waals surface area contributed by atoms with Crippen molar-refractivity contribution in [2.45, 2.75) is 18.3 Å². The van der Waals surface area contributed by atoms with Crippen molar-refractivity contribution in [1.82, 2.24) is 15.5 Å². The Labute approximate surface area is 162 Å². The lowest BCUT2D eigenvalue weighted by Gasteiger charge is -2.12. The van der Waals surface area contributed by atoms with E-state index in [1.165, 1.54) is 7.11 Å². The molecule has 1 aromatic carbocycles. The van der Waals surface area contributed by atoms with Crippen LogP contribution in [0, 0.1) is 17.8 Å². The van der Waals surface area contributed by atoms with Gasteiger partial charge < -0.3 is 14.8 Å². The number of aldehydes is 1. The summed E-state index contributed by atoms with van der Waals surface area (Å²) in [5.41, 5.74) is 2.25. The van der Waals surface area contributed by atoms with E-state index in [1.807, 2.05) is 30.3 Å². The highest BCUT2D eigenvalue weighted by atomic mass is 35.5. The van der Waals surface area contributed by atoms with E-state index in [0.717, 1.165) is 23.8 Å². The number of nitrogens with one attached hydrogen (secondary N) is 1. The topological polar surface area (TPSA) is 81.2 Å². The molecule has 1 aliphatic carbocycles. The molecule has 7 heteroatoms. The van der Waals surface area contributed by atoms with Crippen molar-refractivity contribution in [3.8, 4) is 17.7 Å². The first-order valence-corrected chi connectivity index (χ1v) is 8.85. The maximum atomic E-state index is 11.3. The molecule has 1 aromatic heterocycles. The highest BCUT2D eigenvalue weighted by Crippen LogP contribution is 2.49. The molecule has 0 aliphatic heterocycles. The molecule has 0 bridgehead atoms. The summed E-state index contributed by atoms with van der Waals surface area (Å²) >= 11 is 5.98. The summed E-state index contributed by atoms with van der Waals surface area (Å²) in [5, 5.41) is 11.3. The van der Waals surface area contributed by atoms with Crippen molar-refractivity contribution >= 4 is 24.3 Å². The predicted molar refractivity (Wildman–Crippen MR) is 101 cm³/mol. The molecule has 1 heterocycles. The molecule has 3 rings (SSSR count). The van der Waals surface area contributed by atoms with Gasteiger partial charge in [-0.05, 0) is 30.7 Å². The van der Waals surface area contributed by atoms with Crippen molar-refractivity contribution in [1.29, 1.82) is 0 Å². The number of benzene rings is 1. The minimum absolute atomic E-state index is 0.173. The maximum Gasteiger partial charge on any atom is 0.236 e. The average molecular weight is 384 g/mol. The Bertz CT molecular complexity index is 907. The molecule has 0 radical (unpaired) electrons. The Morgan fingerprint density at radius 2 is 2.22 bits per heavy atom. The number of carbonyl (C=O) groups is 2. The number of halogens is 1. The predicted octanol–water partition coefficient (Wildman–Crippen LogP) is 2.32. The first kappa shape index (κ1) is 18.9. The van der Waals surface area contributed by atoms with Gasteiger partial charge in [-0.2, -0.15) is 5.10 Å². The van der Waals surface area contributed by atoms with Crippen LogP contribution in [-0.2, 0) is 9.59 Å². The monoisotopic (exact) mass is 383 g/mol. The van der Waals surface area contributed by atoms with Gasteiger partial charge in [0.05, 0.1) is 18.7 Å². The number of hydrogen-bond donors (Lipinski definition) is 1. The Balaban J connectivity index is 1.79. The third-order valence-electron chi connectivity index (χ3n) is 4.38. The average Bonchev–Trinajstić information content (AvgIpc) is 3.46. The van der Waals surface area contributed by atoms with Gasteiger partial charge in [0.25, 0.3) is 0 Å². The van der Waals surface area contributed by atoms with Crippen LogP contribution in [0.5, 0.6) is 5.88 Å². The van der Waals surface area contributed by atoms with Crippen LogP contribution >= 0.6 is 11.6 Å². The molecule has 1 aliphatic rings. The van der Waals surface area contributed by atoms with Crippen LogP contribution in [0.1, 0.15) is 35.1 Å². The zero-order valence-corrected chi connectivity index (χ0v) is 15.4. The van der Waals surface area contributed by atoms with Crippen molar-refractivity contribution in [2.75, 3.05) is 13.7 Å². The lowest BCUT2D eigenvalue weighted by Crippen LogP contribution is -2.22. The number of ether oxygens (including phenoxy) is 1. The number of nitrogens with zero attached hydrogens (tertiary/aromatic N) is 2. The third-order valence-corrected chi connectivity index (χ3v) is 4.62. The maximum absolute atomic E-state index is 11.3. The molecule has 1 N–H and O–H groups in total. The Hall–Kier alpha value is -2.91. The molecule has 2 aromatic rings. The second-order valence-electron chi connectivity index (χ2n) is 6.23. The minimum atomic E-state index is -0.554. The lowest BCUT2D eigenvalue weighted by molar-refractivity contribution is -0.110. The number of amides is 1. The van der Waals surface area contributed by atoms with Crippen molar-refractivity contribution in [3.63, 3.8) is 0 Å². The van der Waals surface area contributed by atoms with Crippen LogP contribution < -0.4 is 10.1 Å². The van der Waals surface area contributed by atoms with Crippen LogP contribution in [0.25, 0.3) is 0 Å². The lowest BCUT2D eigenvalue weighted by atomic mass is 10.0. The molecule has 3 unspecified atom stereocenters. The van der Waals surface area contributed by atoms with Gasteiger partial charge in [-0.3, -0.25) is 4.79 Å². The van der Waals surface area contributed by atoms with Crippen LogP contribution in [-0.4, -0.2) is 36.5 Å². The van der Waals surface area contributed by atoms with E-state index in [9.17, 15) is 9.59 Å². The van der Waals surface area contributed by atoms with Gasteiger partial charge in [0, 0.05) is 34.5 Å². The van der Waals surface area contributed by atoms with Crippen LogP contribution in [0.15, 0.2) is 30.3 Å². The summed E-state index contributed by atoms with van der Waals surface area (Å²) < 4.78 is 5.32.